The third kappa shape index (κ3) is 4.07. The highest BCUT2D eigenvalue weighted by Crippen LogP contribution is 2.31. The maximum atomic E-state index is 13.8. The van der Waals surface area contributed by atoms with Crippen molar-refractivity contribution < 1.29 is 9.13 Å². The van der Waals surface area contributed by atoms with Crippen LogP contribution in [0.2, 0.25) is 0 Å². The van der Waals surface area contributed by atoms with E-state index in [1.807, 2.05) is 12.1 Å². The Hall–Kier alpha value is -0.930. The summed E-state index contributed by atoms with van der Waals surface area (Å²) in [6.45, 7) is 4.50. The van der Waals surface area contributed by atoms with Gasteiger partial charge in [0.05, 0.1) is 12.7 Å². The smallest absolute Gasteiger partial charge is 0.129 e. The number of hydrogen-bond acceptors (Lipinski definition) is 2. The third-order valence-corrected chi connectivity index (χ3v) is 3.24. The van der Waals surface area contributed by atoms with Crippen LogP contribution in [-0.4, -0.2) is 19.7 Å². The van der Waals surface area contributed by atoms with Crippen LogP contribution < -0.4 is 5.32 Å². The van der Waals surface area contributed by atoms with E-state index in [1.54, 1.807) is 6.07 Å². The Bertz CT molecular complexity index is 365. The normalized spacial score (nSPS) is 16.8. The fraction of sp³-hybridized carbons (Fsp3) is 0.600. The second kappa shape index (κ2) is 6.86. The van der Waals surface area contributed by atoms with E-state index in [-0.39, 0.29) is 11.9 Å². The van der Waals surface area contributed by atoms with Crippen molar-refractivity contribution in [2.24, 2.45) is 5.92 Å². The van der Waals surface area contributed by atoms with Gasteiger partial charge >= 0.3 is 0 Å². The minimum atomic E-state index is -0.170. The molecule has 1 N–H and O–H groups in total. The molecule has 1 fully saturated rings. The van der Waals surface area contributed by atoms with Crippen molar-refractivity contribution in [2.75, 3.05) is 19.7 Å². The molecule has 0 aromatic heterocycles. The van der Waals surface area contributed by atoms with Crippen LogP contribution in [0.1, 0.15) is 37.9 Å². The van der Waals surface area contributed by atoms with E-state index in [0.717, 1.165) is 19.6 Å². The Morgan fingerprint density at radius 3 is 2.83 bits per heavy atom. The van der Waals surface area contributed by atoms with Crippen molar-refractivity contribution in [1.82, 2.24) is 5.32 Å². The molecule has 1 unspecified atom stereocenters. The second-order valence-electron chi connectivity index (χ2n) is 4.99. The number of benzene rings is 1. The minimum Gasteiger partial charge on any atom is -0.372 e. The zero-order chi connectivity index (χ0) is 12.8. The molecule has 1 atom stereocenters. The summed E-state index contributed by atoms with van der Waals surface area (Å²) >= 11 is 0. The van der Waals surface area contributed by atoms with Crippen molar-refractivity contribution in [3.05, 3.63) is 35.6 Å². The number of nitrogens with one attached hydrogen (secondary N) is 1. The third-order valence-electron chi connectivity index (χ3n) is 3.24. The molecule has 1 aromatic carbocycles. The van der Waals surface area contributed by atoms with E-state index in [0.29, 0.717) is 18.0 Å². The van der Waals surface area contributed by atoms with Crippen LogP contribution in [0.15, 0.2) is 24.3 Å². The van der Waals surface area contributed by atoms with Gasteiger partial charge in [-0.25, -0.2) is 4.39 Å². The predicted molar refractivity (Wildman–Crippen MR) is 71.0 cm³/mol. The number of rotatable bonds is 8. The summed E-state index contributed by atoms with van der Waals surface area (Å²) in [6, 6.07) is 6.91. The molecule has 0 heterocycles. The summed E-state index contributed by atoms with van der Waals surface area (Å²) in [7, 11) is 0. The summed E-state index contributed by atoms with van der Waals surface area (Å²) < 4.78 is 19.7. The molecular weight excluding hydrogens is 229 g/mol. The molecule has 3 heteroatoms. The van der Waals surface area contributed by atoms with Gasteiger partial charge in [-0.1, -0.05) is 25.1 Å². The first kappa shape index (κ1) is 13.5. The molecule has 1 aliphatic rings. The van der Waals surface area contributed by atoms with Crippen LogP contribution in [-0.2, 0) is 4.74 Å². The monoisotopic (exact) mass is 251 g/mol. The van der Waals surface area contributed by atoms with E-state index < -0.39 is 0 Å². The fourth-order valence-corrected chi connectivity index (χ4v) is 1.94. The van der Waals surface area contributed by atoms with Crippen LogP contribution in [0.4, 0.5) is 4.39 Å². The van der Waals surface area contributed by atoms with Gasteiger partial charge in [0.15, 0.2) is 0 Å². The van der Waals surface area contributed by atoms with Crippen molar-refractivity contribution in [2.45, 2.75) is 32.3 Å². The maximum absolute atomic E-state index is 13.8. The molecule has 0 aliphatic heterocycles. The Kier molecular flexibility index (Phi) is 5.14. The van der Waals surface area contributed by atoms with E-state index in [1.165, 1.54) is 18.9 Å². The van der Waals surface area contributed by atoms with E-state index in [9.17, 15) is 4.39 Å². The van der Waals surface area contributed by atoms with Gasteiger partial charge in [-0.05, 0) is 37.8 Å². The molecule has 1 saturated carbocycles. The molecule has 100 valence electrons. The highest BCUT2D eigenvalue weighted by atomic mass is 19.1. The summed E-state index contributed by atoms with van der Waals surface area (Å²) in [4.78, 5) is 0. The highest BCUT2D eigenvalue weighted by Gasteiger charge is 2.24. The van der Waals surface area contributed by atoms with Crippen LogP contribution >= 0.6 is 0 Å². The van der Waals surface area contributed by atoms with E-state index >= 15 is 0 Å². The lowest BCUT2D eigenvalue weighted by Crippen LogP contribution is -2.25. The van der Waals surface area contributed by atoms with Crippen LogP contribution in [0.5, 0.6) is 0 Å². The van der Waals surface area contributed by atoms with Gasteiger partial charge in [0.25, 0.3) is 0 Å². The molecule has 2 nitrogen and oxygen atoms in total. The molecule has 18 heavy (non-hydrogen) atoms. The van der Waals surface area contributed by atoms with Gasteiger partial charge in [0.1, 0.15) is 5.82 Å². The average molecular weight is 251 g/mol. The summed E-state index contributed by atoms with van der Waals surface area (Å²) in [5.74, 6) is 0.530. The van der Waals surface area contributed by atoms with Crippen molar-refractivity contribution in [3.8, 4) is 0 Å². The quantitative estimate of drug-likeness (QED) is 0.716. The lowest BCUT2D eigenvalue weighted by atomic mass is 10.1. The molecule has 1 aromatic rings. The van der Waals surface area contributed by atoms with Crippen LogP contribution in [0, 0.1) is 11.7 Å². The Morgan fingerprint density at radius 2 is 2.17 bits per heavy atom. The number of ether oxygens (including phenoxy) is 1. The largest absolute Gasteiger partial charge is 0.372 e. The molecule has 0 amide bonds. The topological polar surface area (TPSA) is 21.3 Å². The first-order chi connectivity index (χ1) is 8.81. The zero-order valence-electron chi connectivity index (χ0n) is 11.0. The first-order valence-electron chi connectivity index (χ1n) is 6.88. The Balaban J connectivity index is 1.95. The summed E-state index contributed by atoms with van der Waals surface area (Å²) in [6.07, 6.45) is 3.42. The molecule has 2 rings (SSSR count). The van der Waals surface area contributed by atoms with Gasteiger partial charge in [-0.15, -0.1) is 0 Å². The van der Waals surface area contributed by atoms with Gasteiger partial charge in [0, 0.05) is 12.1 Å². The molecular formula is C15H22FNO. The van der Waals surface area contributed by atoms with Crippen LogP contribution in [0.25, 0.3) is 0 Å². The Labute approximate surface area is 109 Å². The molecule has 0 radical (unpaired) electrons. The molecule has 1 aliphatic carbocycles. The predicted octanol–water partition coefficient (Wildman–Crippen LogP) is 3.29. The summed E-state index contributed by atoms with van der Waals surface area (Å²) in [5.41, 5.74) is 0.668. The minimum absolute atomic E-state index is 0.168. The lowest BCUT2D eigenvalue weighted by Gasteiger charge is -2.19. The van der Waals surface area contributed by atoms with Crippen LogP contribution in [0.3, 0.4) is 0 Å². The lowest BCUT2D eigenvalue weighted by molar-refractivity contribution is 0.0431. The maximum Gasteiger partial charge on any atom is 0.129 e. The standard InChI is InChI=1S/C15H22FNO/c1-2-9-17-10-15(18-11-12-7-8-12)13-5-3-4-6-14(13)16/h3-6,12,15,17H,2,7-11H2,1H3. The summed E-state index contributed by atoms with van der Waals surface area (Å²) in [5, 5.41) is 3.31. The van der Waals surface area contributed by atoms with E-state index in [2.05, 4.69) is 12.2 Å². The van der Waals surface area contributed by atoms with Gasteiger partial charge in [-0.2, -0.15) is 0 Å². The fourth-order valence-electron chi connectivity index (χ4n) is 1.94. The van der Waals surface area contributed by atoms with Crippen molar-refractivity contribution in [1.29, 1.82) is 0 Å². The van der Waals surface area contributed by atoms with Crippen molar-refractivity contribution >= 4 is 0 Å². The van der Waals surface area contributed by atoms with E-state index in [4.69, 9.17) is 4.74 Å². The molecule has 0 bridgehead atoms. The SMILES string of the molecule is CCCNCC(OCC1CC1)c1ccccc1F. The van der Waals surface area contributed by atoms with Gasteiger partial charge in [0.2, 0.25) is 0 Å². The number of hydrogen-bond donors (Lipinski definition) is 1. The highest BCUT2D eigenvalue weighted by molar-refractivity contribution is 5.20. The Morgan fingerprint density at radius 1 is 1.39 bits per heavy atom. The van der Waals surface area contributed by atoms with Crippen molar-refractivity contribution in [3.63, 3.8) is 0 Å². The molecule has 0 saturated heterocycles. The van der Waals surface area contributed by atoms with Gasteiger partial charge < -0.3 is 10.1 Å². The molecule has 0 spiro atoms. The second-order valence-corrected chi connectivity index (χ2v) is 4.99. The zero-order valence-corrected chi connectivity index (χ0v) is 11.0. The first-order valence-corrected chi connectivity index (χ1v) is 6.88. The number of halogens is 1. The van der Waals surface area contributed by atoms with Gasteiger partial charge in [-0.3, -0.25) is 0 Å². The average Bonchev–Trinajstić information content (AvgIpc) is 3.19.